The number of carbonyl (C=O) groups is 1. The van der Waals surface area contributed by atoms with Gasteiger partial charge in [0.1, 0.15) is 21.8 Å². The van der Waals surface area contributed by atoms with Crippen molar-refractivity contribution in [3.05, 3.63) is 10.2 Å². The maximum Gasteiger partial charge on any atom is 0.413 e. The summed E-state index contributed by atoms with van der Waals surface area (Å²) in [5, 5.41) is 17.5. The first-order valence-corrected chi connectivity index (χ1v) is 5.27. The molecule has 6 nitrogen and oxygen atoms in total. The molecule has 0 spiro atoms. The Morgan fingerprint density at radius 3 is 2.75 bits per heavy atom. The Balaban J connectivity index is 2.75. The van der Waals surface area contributed by atoms with Gasteiger partial charge in [-0.15, -0.1) is 0 Å². The topological polar surface area (TPSA) is 90.8 Å². The van der Waals surface area contributed by atoms with Gasteiger partial charge in [0.15, 0.2) is 5.82 Å². The monoisotopic (exact) mass is 286 g/mol. The summed E-state index contributed by atoms with van der Waals surface area (Å²) in [7, 11) is 0. The number of nitriles is 1. The van der Waals surface area contributed by atoms with Crippen LogP contribution in [0.15, 0.2) is 4.60 Å². The predicted molar refractivity (Wildman–Crippen MR) is 60.9 cm³/mol. The second-order valence-electron chi connectivity index (χ2n) is 4.00. The summed E-state index contributed by atoms with van der Waals surface area (Å²) < 4.78 is 5.44. The molecule has 0 atom stereocenters. The number of nitrogens with one attached hydrogen (secondary N) is 2. The summed E-state index contributed by atoms with van der Waals surface area (Å²) in [6, 6.07) is 1.90. The Kier molecular flexibility index (Phi) is 3.55. The van der Waals surface area contributed by atoms with Gasteiger partial charge in [0, 0.05) is 0 Å². The second-order valence-corrected chi connectivity index (χ2v) is 4.79. The Labute approximate surface area is 101 Å². The SMILES string of the molecule is CC(C)(C)OC(=O)Nc1n[nH]c(Br)c1C#N. The third kappa shape index (κ3) is 3.24. The van der Waals surface area contributed by atoms with Crippen LogP contribution in [0.5, 0.6) is 0 Å². The smallest absolute Gasteiger partial charge is 0.413 e. The van der Waals surface area contributed by atoms with Gasteiger partial charge in [-0.2, -0.15) is 10.4 Å². The van der Waals surface area contributed by atoms with Gasteiger partial charge in [0.25, 0.3) is 0 Å². The first kappa shape index (κ1) is 12.5. The Hall–Kier alpha value is -1.55. The molecule has 0 bridgehead atoms. The largest absolute Gasteiger partial charge is 0.444 e. The molecule has 16 heavy (non-hydrogen) atoms. The molecule has 0 aliphatic heterocycles. The number of aromatic amines is 1. The molecule has 0 aliphatic rings. The third-order valence-electron chi connectivity index (χ3n) is 1.45. The van der Waals surface area contributed by atoms with E-state index >= 15 is 0 Å². The molecule has 1 aromatic heterocycles. The van der Waals surface area contributed by atoms with Gasteiger partial charge in [0.2, 0.25) is 0 Å². The second kappa shape index (κ2) is 4.53. The van der Waals surface area contributed by atoms with Crippen LogP contribution in [0.1, 0.15) is 26.3 Å². The maximum atomic E-state index is 11.4. The summed E-state index contributed by atoms with van der Waals surface area (Å²) in [5.41, 5.74) is -0.365. The number of rotatable bonds is 1. The van der Waals surface area contributed by atoms with E-state index in [1.54, 1.807) is 20.8 Å². The van der Waals surface area contributed by atoms with Crippen molar-refractivity contribution in [3.63, 3.8) is 0 Å². The van der Waals surface area contributed by atoms with E-state index in [9.17, 15) is 4.79 Å². The van der Waals surface area contributed by atoms with E-state index in [4.69, 9.17) is 10.00 Å². The maximum absolute atomic E-state index is 11.4. The highest BCUT2D eigenvalue weighted by molar-refractivity contribution is 9.10. The Morgan fingerprint density at radius 2 is 2.25 bits per heavy atom. The quantitative estimate of drug-likeness (QED) is 0.829. The normalized spacial score (nSPS) is 10.7. The zero-order valence-electron chi connectivity index (χ0n) is 9.09. The van der Waals surface area contributed by atoms with Crippen molar-refractivity contribution < 1.29 is 9.53 Å². The van der Waals surface area contributed by atoms with Gasteiger partial charge >= 0.3 is 6.09 Å². The number of hydrogen-bond donors (Lipinski definition) is 2. The van der Waals surface area contributed by atoms with Gasteiger partial charge in [-0.1, -0.05) is 0 Å². The van der Waals surface area contributed by atoms with E-state index in [2.05, 4.69) is 31.4 Å². The zero-order valence-corrected chi connectivity index (χ0v) is 10.7. The molecule has 0 aliphatic carbocycles. The first-order chi connectivity index (χ1) is 7.33. The summed E-state index contributed by atoms with van der Waals surface area (Å²) in [6.07, 6.45) is -0.650. The average molecular weight is 287 g/mol. The standard InChI is InChI=1S/C9H11BrN4O2/c1-9(2,3)16-8(15)12-7-5(4-11)6(10)13-14-7/h1-3H3,(H2,12,13,14,15). The van der Waals surface area contributed by atoms with Crippen molar-refractivity contribution in [1.82, 2.24) is 10.2 Å². The van der Waals surface area contributed by atoms with Gasteiger partial charge in [-0.25, -0.2) is 4.79 Å². The molecule has 1 rings (SSSR count). The van der Waals surface area contributed by atoms with Gasteiger partial charge in [-0.3, -0.25) is 10.4 Å². The van der Waals surface area contributed by atoms with Crippen molar-refractivity contribution in [2.24, 2.45) is 0 Å². The highest BCUT2D eigenvalue weighted by Gasteiger charge is 2.19. The van der Waals surface area contributed by atoms with Crippen LogP contribution in [0, 0.1) is 11.3 Å². The number of H-pyrrole nitrogens is 1. The summed E-state index contributed by atoms with van der Waals surface area (Å²) in [4.78, 5) is 11.4. The van der Waals surface area contributed by atoms with E-state index in [1.807, 2.05) is 6.07 Å². The Morgan fingerprint density at radius 1 is 1.62 bits per heavy atom. The molecule has 0 saturated carbocycles. The molecule has 1 aromatic rings. The third-order valence-corrected chi connectivity index (χ3v) is 2.03. The van der Waals surface area contributed by atoms with Gasteiger partial charge < -0.3 is 4.74 Å². The lowest BCUT2D eigenvalue weighted by atomic mass is 10.2. The lowest BCUT2D eigenvalue weighted by Crippen LogP contribution is -2.27. The van der Waals surface area contributed by atoms with Crippen LogP contribution in [0.4, 0.5) is 10.6 Å². The number of nitrogens with zero attached hydrogens (tertiary/aromatic N) is 2. The average Bonchev–Trinajstić information content (AvgIpc) is 2.43. The number of halogens is 1. The molecule has 86 valence electrons. The predicted octanol–water partition coefficient (Wildman–Crippen LogP) is 2.39. The van der Waals surface area contributed by atoms with E-state index in [-0.39, 0.29) is 11.4 Å². The molecular formula is C9H11BrN4O2. The number of anilines is 1. The fourth-order valence-corrected chi connectivity index (χ4v) is 1.28. The molecule has 1 heterocycles. The van der Waals surface area contributed by atoms with Gasteiger partial charge in [-0.05, 0) is 36.7 Å². The zero-order chi connectivity index (χ0) is 12.3. The molecule has 0 radical (unpaired) electrons. The fourth-order valence-electron chi connectivity index (χ4n) is 0.914. The van der Waals surface area contributed by atoms with Crippen LogP contribution < -0.4 is 5.32 Å². The summed E-state index contributed by atoms with van der Waals surface area (Å²) in [5.74, 6) is 0.142. The number of aromatic nitrogens is 2. The molecule has 0 unspecified atom stereocenters. The minimum absolute atomic E-state index is 0.142. The van der Waals surface area contributed by atoms with Gasteiger partial charge in [0.05, 0.1) is 0 Å². The van der Waals surface area contributed by atoms with Crippen LogP contribution in [0.2, 0.25) is 0 Å². The molecule has 0 fully saturated rings. The van der Waals surface area contributed by atoms with E-state index < -0.39 is 11.7 Å². The molecule has 0 aromatic carbocycles. The van der Waals surface area contributed by atoms with Crippen molar-refractivity contribution in [3.8, 4) is 6.07 Å². The van der Waals surface area contributed by atoms with E-state index in [0.29, 0.717) is 4.60 Å². The highest BCUT2D eigenvalue weighted by Crippen LogP contribution is 2.20. The molecular weight excluding hydrogens is 276 g/mol. The van der Waals surface area contributed by atoms with Crippen LogP contribution in [-0.2, 0) is 4.74 Å². The van der Waals surface area contributed by atoms with Crippen molar-refractivity contribution in [2.45, 2.75) is 26.4 Å². The van der Waals surface area contributed by atoms with Crippen LogP contribution in [0.3, 0.4) is 0 Å². The number of carbonyl (C=O) groups excluding carboxylic acids is 1. The van der Waals surface area contributed by atoms with Crippen LogP contribution >= 0.6 is 15.9 Å². The summed E-state index contributed by atoms with van der Waals surface area (Å²) >= 11 is 3.10. The Bertz CT molecular complexity index is 441. The number of hydrogen-bond acceptors (Lipinski definition) is 4. The number of amides is 1. The minimum Gasteiger partial charge on any atom is -0.444 e. The van der Waals surface area contributed by atoms with Crippen molar-refractivity contribution in [1.29, 1.82) is 5.26 Å². The molecule has 7 heteroatoms. The van der Waals surface area contributed by atoms with E-state index in [0.717, 1.165) is 0 Å². The fraction of sp³-hybridized carbons (Fsp3) is 0.444. The molecule has 0 saturated heterocycles. The summed E-state index contributed by atoms with van der Waals surface area (Å²) in [6.45, 7) is 5.24. The molecule has 2 N–H and O–H groups in total. The lowest BCUT2D eigenvalue weighted by molar-refractivity contribution is 0.0635. The highest BCUT2D eigenvalue weighted by atomic mass is 79.9. The van der Waals surface area contributed by atoms with Crippen LogP contribution in [-0.4, -0.2) is 21.9 Å². The van der Waals surface area contributed by atoms with Crippen LogP contribution in [0.25, 0.3) is 0 Å². The minimum atomic E-state index is -0.650. The molecule has 1 amide bonds. The number of ether oxygens (including phenoxy) is 1. The van der Waals surface area contributed by atoms with Crippen molar-refractivity contribution in [2.75, 3.05) is 5.32 Å². The van der Waals surface area contributed by atoms with E-state index in [1.165, 1.54) is 0 Å². The lowest BCUT2D eigenvalue weighted by Gasteiger charge is -2.19. The van der Waals surface area contributed by atoms with Crippen molar-refractivity contribution >= 4 is 27.8 Å². The first-order valence-electron chi connectivity index (χ1n) is 4.47.